The molecule has 0 spiro atoms. The first kappa shape index (κ1) is 20.2. The SMILES string of the molecule is CCC(C)C(C(=O)NC(C)c1ccc(S(C)(=O)=O)cc1)c1ccccc1. The van der Waals surface area contributed by atoms with Crippen molar-refractivity contribution >= 4 is 15.7 Å². The molecule has 0 heterocycles. The number of nitrogens with one attached hydrogen (secondary N) is 1. The van der Waals surface area contributed by atoms with E-state index in [4.69, 9.17) is 0 Å². The Balaban J connectivity index is 2.18. The van der Waals surface area contributed by atoms with Crippen molar-refractivity contribution in [3.63, 3.8) is 0 Å². The van der Waals surface area contributed by atoms with Gasteiger partial charge in [-0.05, 0) is 36.1 Å². The molecule has 1 amide bonds. The number of carbonyl (C=O) groups is 1. The van der Waals surface area contributed by atoms with E-state index in [1.807, 2.05) is 37.3 Å². The Hall–Kier alpha value is -2.14. The Bertz CT molecular complexity index is 829. The van der Waals surface area contributed by atoms with Gasteiger partial charge in [-0.3, -0.25) is 4.79 Å². The van der Waals surface area contributed by atoms with Gasteiger partial charge < -0.3 is 5.32 Å². The second kappa shape index (κ2) is 8.49. The second-order valence-corrected chi connectivity index (χ2v) is 8.86. The van der Waals surface area contributed by atoms with Crippen LogP contribution >= 0.6 is 0 Å². The van der Waals surface area contributed by atoms with Crippen molar-refractivity contribution in [2.45, 2.75) is 44.0 Å². The lowest BCUT2D eigenvalue weighted by Gasteiger charge is -2.25. The van der Waals surface area contributed by atoms with Crippen molar-refractivity contribution < 1.29 is 13.2 Å². The van der Waals surface area contributed by atoms with E-state index < -0.39 is 9.84 Å². The van der Waals surface area contributed by atoms with E-state index in [0.717, 1.165) is 17.5 Å². The van der Waals surface area contributed by atoms with Crippen LogP contribution in [-0.2, 0) is 14.6 Å². The minimum absolute atomic E-state index is 0.00904. The fourth-order valence-corrected chi connectivity index (χ4v) is 3.66. The Morgan fingerprint density at radius 2 is 1.54 bits per heavy atom. The Morgan fingerprint density at radius 3 is 2.04 bits per heavy atom. The van der Waals surface area contributed by atoms with Gasteiger partial charge >= 0.3 is 0 Å². The third-order valence-corrected chi connectivity index (χ3v) is 5.95. The van der Waals surface area contributed by atoms with E-state index >= 15 is 0 Å². The number of rotatable bonds is 7. The van der Waals surface area contributed by atoms with E-state index in [-0.39, 0.29) is 28.7 Å². The summed E-state index contributed by atoms with van der Waals surface area (Å²) in [6.45, 7) is 6.08. The second-order valence-electron chi connectivity index (χ2n) is 6.85. The van der Waals surface area contributed by atoms with Crippen molar-refractivity contribution in [2.24, 2.45) is 5.92 Å². The van der Waals surface area contributed by atoms with Gasteiger partial charge in [0.05, 0.1) is 16.9 Å². The molecule has 0 aliphatic heterocycles. The number of carbonyl (C=O) groups excluding carboxylic acids is 1. The molecule has 2 aromatic rings. The third kappa shape index (κ3) is 4.94. The predicted octanol–water partition coefficient (Wildman–Crippen LogP) is 4.10. The number of hydrogen-bond donors (Lipinski definition) is 1. The normalized spacial score (nSPS) is 15.1. The van der Waals surface area contributed by atoms with Crippen LogP contribution in [0.2, 0.25) is 0 Å². The van der Waals surface area contributed by atoms with Crippen LogP contribution in [0.4, 0.5) is 0 Å². The molecule has 5 heteroatoms. The van der Waals surface area contributed by atoms with Gasteiger partial charge in [0.25, 0.3) is 0 Å². The first-order chi connectivity index (χ1) is 12.2. The van der Waals surface area contributed by atoms with Crippen LogP contribution in [0.1, 0.15) is 50.3 Å². The molecule has 1 N–H and O–H groups in total. The fourth-order valence-electron chi connectivity index (χ4n) is 3.02. The highest BCUT2D eigenvalue weighted by Crippen LogP contribution is 2.28. The molecule has 0 radical (unpaired) electrons. The molecule has 2 aromatic carbocycles. The summed E-state index contributed by atoms with van der Waals surface area (Å²) in [6, 6.07) is 16.3. The van der Waals surface area contributed by atoms with Gasteiger partial charge in [0.15, 0.2) is 9.84 Å². The average Bonchev–Trinajstić information content (AvgIpc) is 2.62. The standard InChI is InChI=1S/C21H27NO3S/c1-5-15(2)20(18-9-7-6-8-10-18)21(23)22-16(3)17-11-13-19(14-12-17)26(4,24)25/h6-16,20H,5H2,1-4H3,(H,22,23). The van der Waals surface area contributed by atoms with E-state index in [1.165, 1.54) is 6.26 Å². The van der Waals surface area contributed by atoms with Crippen LogP contribution in [0.25, 0.3) is 0 Å². The first-order valence-corrected chi connectivity index (χ1v) is 10.8. The van der Waals surface area contributed by atoms with Crippen molar-refractivity contribution in [3.05, 3.63) is 65.7 Å². The lowest BCUT2D eigenvalue weighted by Crippen LogP contribution is -2.34. The van der Waals surface area contributed by atoms with E-state index in [2.05, 4.69) is 19.2 Å². The zero-order valence-corrected chi connectivity index (χ0v) is 16.6. The van der Waals surface area contributed by atoms with Crippen LogP contribution in [0.15, 0.2) is 59.5 Å². The zero-order chi connectivity index (χ0) is 19.3. The van der Waals surface area contributed by atoms with Gasteiger partial charge in [-0.25, -0.2) is 8.42 Å². The van der Waals surface area contributed by atoms with Crippen molar-refractivity contribution in [2.75, 3.05) is 6.26 Å². The Morgan fingerprint density at radius 1 is 0.962 bits per heavy atom. The Labute approximate surface area is 156 Å². The maximum Gasteiger partial charge on any atom is 0.228 e. The molecule has 0 bridgehead atoms. The zero-order valence-electron chi connectivity index (χ0n) is 15.8. The highest BCUT2D eigenvalue weighted by atomic mass is 32.2. The van der Waals surface area contributed by atoms with Crippen LogP contribution in [0.3, 0.4) is 0 Å². The maximum atomic E-state index is 12.9. The molecule has 3 atom stereocenters. The van der Waals surface area contributed by atoms with E-state index in [0.29, 0.717) is 0 Å². The molecule has 3 unspecified atom stereocenters. The van der Waals surface area contributed by atoms with Crippen molar-refractivity contribution in [1.82, 2.24) is 5.32 Å². The lowest BCUT2D eigenvalue weighted by atomic mass is 9.84. The summed E-state index contributed by atoms with van der Waals surface area (Å²) in [4.78, 5) is 13.2. The number of hydrogen-bond acceptors (Lipinski definition) is 3. The van der Waals surface area contributed by atoms with Crippen molar-refractivity contribution in [3.8, 4) is 0 Å². The van der Waals surface area contributed by atoms with Gasteiger partial charge in [-0.15, -0.1) is 0 Å². The Kier molecular flexibility index (Phi) is 6.59. The molecule has 0 aromatic heterocycles. The highest BCUT2D eigenvalue weighted by Gasteiger charge is 2.27. The van der Waals surface area contributed by atoms with E-state index in [1.54, 1.807) is 24.3 Å². The van der Waals surface area contributed by atoms with Crippen LogP contribution in [0, 0.1) is 5.92 Å². The monoisotopic (exact) mass is 373 g/mol. The summed E-state index contributed by atoms with van der Waals surface area (Å²) in [6.07, 6.45) is 2.09. The number of benzene rings is 2. The average molecular weight is 374 g/mol. The first-order valence-electron chi connectivity index (χ1n) is 8.89. The number of sulfone groups is 1. The molecule has 0 saturated heterocycles. The van der Waals surface area contributed by atoms with Crippen LogP contribution in [-0.4, -0.2) is 20.6 Å². The largest absolute Gasteiger partial charge is 0.349 e. The summed E-state index contributed by atoms with van der Waals surface area (Å²) in [5.74, 6) is 0.00129. The van der Waals surface area contributed by atoms with E-state index in [9.17, 15) is 13.2 Å². The minimum atomic E-state index is -3.22. The van der Waals surface area contributed by atoms with Crippen LogP contribution < -0.4 is 5.32 Å². The third-order valence-electron chi connectivity index (χ3n) is 4.82. The molecule has 2 rings (SSSR count). The topological polar surface area (TPSA) is 63.2 Å². The molecule has 26 heavy (non-hydrogen) atoms. The summed E-state index contributed by atoms with van der Waals surface area (Å²) in [5.41, 5.74) is 1.89. The molecule has 0 fully saturated rings. The molecule has 4 nitrogen and oxygen atoms in total. The molecular formula is C21H27NO3S. The minimum Gasteiger partial charge on any atom is -0.349 e. The molecule has 0 aliphatic carbocycles. The predicted molar refractivity (Wildman–Crippen MR) is 105 cm³/mol. The summed E-state index contributed by atoms with van der Waals surface area (Å²) in [7, 11) is -3.22. The molecule has 0 saturated carbocycles. The summed E-state index contributed by atoms with van der Waals surface area (Å²) >= 11 is 0. The van der Waals surface area contributed by atoms with Gasteiger partial charge in [0, 0.05) is 6.26 Å². The molecular weight excluding hydrogens is 346 g/mol. The summed E-state index contributed by atoms with van der Waals surface area (Å²) < 4.78 is 23.2. The maximum absolute atomic E-state index is 12.9. The van der Waals surface area contributed by atoms with Gasteiger partial charge in [0.1, 0.15) is 0 Å². The molecule has 0 aliphatic rings. The highest BCUT2D eigenvalue weighted by molar-refractivity contribution is 7.90. The lowest BCUT2D eigenvalue weighted by molar-refractivity contribution is -0.124. The smallest absolute Gasteiger partial charge is 0.228 e. The molecule has 140 valence electrons. The van der Waals surface area contributed by atoms with Crippen molar-refractivity contribution in [1.29, 1.82) is 0 Å². The van der Waals surface area contributed by atoms with Gasteiger partial charge in [-0.2, -0.15) is 0 Å². The number of amides is 1. The van der Waals surface area contributed by atoms with Gasteiger partial charge in [-0.1, -0.05) is 62.7 Å². The quantitative estimate of drug-likeness (QED) is 0.795. The summed E-state index contributed by atoms with van der Waals surface area (Å²) in [5, 5.41) is 3.08. The van der Waals surface area contributed by atoms with Crippen LogP contribution in [0.5, 0.6) is 0 Å². The van der Waals surface area contributed by atoms with Gasteiger partial charge in [0.2, 0.25) is 5.91 Å². The fraction of sp³-hybridized carbons (Fsp3) is 0.381.